The summed E-state index contributed by atoms with van der Waals surface area (Å²) in [6, 6.07) is 0.512. The molecule has 0 aromatic rings. The van der Waals surface area contributed by atoms with E-state index in [-0.39, 0.29) is 75.5 Å². The van der Waals surface area contributed by atoms with Crippen molar-refractivity contribution < 1.29 is 33.6 Å². The Balaban J connectivity index is 0.909. The Hall–Kier alpha value is -1.62. The molecule has 0 bridgehead atoms. The molecule has 4 heterocycles. The summed E-state index contributed by atoms with van der Waals surface area (Å²) < 4.78 is 25.1. The van der Waals surface area contributed by atoms with Gasteiger partial charge >= 0.3 is 12.2 Å². The second-order valence-electron chi connectivity index (χ2n) is 20.6. The van der Waals surface area contributed by atoms with E-state index in [1.807, 2.05) is 4.90 Å². The number of hydrogen-bond donors (Lipinski definition) is 1. The number of ether oxygens (including phenoxy) is 4. The number of aliphatic hydroxyl groups excluding tert-OH is 1. The topological polar surface area (TPSA) is 101 Å². The Bertz CT molecular complexity index is 1430. The Kier molecular flexibility index (Phi) is 8.45. The van der Waals surface area contributed by atoms with Gasteiger partial charge in [-0.3, -0.25) is 4.90 Å². The fraction of sp³-hybridized carbons (Fsp3) is 0.952. The van der Waals surface area contributed by atoms with E-state index in [9.17, 15) is 14.7 Å². The summed E-state index contributed by atoms with van der Waals surface area (Å²) in [5.74, 6) is 1.74. The van der Waals surface area contributed by atoms with Gasteiger partial charge in [0, 0.05) is 50.1 Å². The van der Waals surface area contributed by atoms with Crippen molar-refractivity contribution in [3.05, 3.63) is 0 Å². The SMILES string of the molecule is CC(C)[C@@H](OC(=O)N1CCC1)[C@H]1C[C@@H](C)[C@H]2[C@H](O1)[C@H](O)[C@@]1(C)[C@@H]3CC[C@H]4C(C)(C)[C@@H](OC(=O)N5CCN(C6COC6)CC5)CC[C@@]45C[C@@]35CC[C@]21C. The van der Waals surface area contributed by atoms with Crippen LogP contribution in [0.5, 0.6) is 0 Å². The third-order valence-corrected chi connectivity index (χ3v) is 18.1. The molecule has 2 spiro atoms. The number of amides is 2. The van der Waals surface area contributed by atoms with Crippen molar-refractivity contribution in [3.63, 3.8) is 0 Å². The molecule has 0 aromatic heterocycles. The maximum absolute atomic E-state index is 13.6. The number of aliphatic hydroxyl groups is 1. The molecule has 52 heavy (non-hydrogen) atoms. The number of carbonyl (C=O) groups excluding carboxylic acids is 2. The average Bonchev–Trinajstić information content (AvgIpc) is 3.68. The van der Waals surface area contributed by atoms with E-state index in [0.717, 1.165) is 97.4 Å². The largest absolute Gasteiger partial charge is 0.446 e. The zero-order valence-electron chi connectivity index (χ0n) is 33.1. The van der Waals surface area contributed by atoms with Crippen LogP contribution in [0.4, 0.5) is 9.59 Å². The highest BCUT2D eigenvalue weighted by Gasteiger charge is 2.85. The number of likely N-dealkylation sites (tertiary alicyclic amines) is 1. The first-order chi connectivity index (χ1) is 24.7. The van der Waals surface area contributed by atoms with Gasteiger partial charge in [-0.15, -0.1) is 0 Å². The van der Waals surface area contributed by atoms with Crippen molar-refractivity contribution >= 4 is 12.2 Å². The molecule has 9 fully saturated rings. The zero-order valence-corrected chi connectivity index (χ0v) is 33.1. The summed E-state index contributed by atoms with van der Waals surface area (Å²) in [6.45, 7) is 22.8. The van der Waals surface area contributed by atoms with Crippen LogP contribution in [0.3, 0.4) is 0 Å². The van der Waals surface area contributed by atoms with Gasteiger partial charge in [-0.2, -0.15) is 0 Å². The molecule has 0 aromatic carbocycles. The van der Waals surface area contributed by atoms with Gasteiger partial charge in [0.05, 0.1) is 37.6 Å². The number of carbonyl (C=O) groups is 2. The summed E-state index contributed by atoms with van der Waals surface area (Å²) in [6.07, 6.45) is 8.06. The van der Waals surface area contributed by atoms with Crippen molar-refractivity contribution in [3.8, 4) is 0 Å². The average molecular weight is 726 g/mol. The van der Waals surface area contributed by atoms with Crippen LogP contribution in [0.1, 0.15) is 106 Å². The summed E-state index contributed by atoms with van der Waals surface area (Å²) in [7, 11) is 0. The smallest absolute Gasteiger partial charge is 0.410 e. The molecule has 4 saturated heterocycles. The molecular weight excluding hydrogens is 658 g/mol. The standard InChI is InChI=1S/C42H67N3O7/c1-25(2)33(52-37(48)44-15-8-16-44)28-21-26(3)32-34(50-28)35(46)40(7)30-10-9-29-38(4,5)31(11-12-41(29)24-42(30,41)14-13-39(32,40)6)51-36(47)45-19-17-43(18-20-45)27-22-49-23-27/h25-35,46H,8-24H2,1-7H3/t26-,28-,29+,30+,31+,32+,33-,34+,35+,39-,40-,41-,42+/m1/s1. The molecule has 292 valence electrons. The minimum atomic E-state index is -0.550. The number of rotatable bonds is 5. The van der Waals surface area contributed by atoms with Crippen LogP contribution in [0.25, 0.3) is 0 Å². The van der Waals surface area contributed by atoms with Gasteiger partial charge in [0.2, 0.25) is 0 Å². The molecule has 4 aliphatic heterocycles. The summed E-state index contributed by atoms with van der Waals surface area (Å²) in [5.41, 5.74) is 0.137. The minimum absolute atomic E-state index is 0.0203. The maximum atomic E-state index is 13.6. The Labute approximate surface area is 312 Å². The summed E-state index contributed by atoms with van der Waals surface area (Å²) >= 11 is 0. The first-order valence-electron chi connectivity index (χ1n) is 21.2. The normalized spacial score (nSPS) is 48.6. The van der Waals surface area contributed by atoms with E-state index in [1.165, 1.54) is 12.8 Å². The van der Waals surface area contributed by atoms with Crippen molar-refractivity contribution in [1.29, 1.82) is 0 Å². The van der Waals surface area contributed by atoms with E-state index < -0.39 is 6.10 Å². The van der Waals surface area contributed by atoms with E-state index in [2.05, 4.69) is 53.4 Å². The van der Waals surface area contributed by atoms with E-state index in [0.29, 0.717) is 23.8 Å². The van der Waals surface area contributed by atoms with Crippen LogP contribution in [0, 0.1) is 56.7 Å². The quantitative estimate of drug-likeness (QED) is 0.359. The van der Waals surface area contributed by atoms with Crippen molar-refractivity contribution in [2.45, 2.75) is 143 Å². The third-order valence-electron chi connectivity index (χ3n) is 18.1. The van der Waals surface area contributed by atoms with Gasteiger partial charge in [-0.05, 0) is 104 Å². The predicted molar refractivity (Wildman–Crippen MR) is 195 cm³/mol. The lowest BCUT2D eigenvalue weighted by atomic mass is 9.41. The van der Waals surface area contributed by atoms with Crippen molar-refractivity contribution in [2.24, 2.45) is 56.7 Å². The number of nitrogens with zero attached hydrogens (tertiary/aromatic N) is 3. The molecule has 1 N–H and O–H groups in total. The highest BCUT2D eigenvalue weighted by Crippen LogP contribution is 2.89. The lowest BCUT2D eigenvalue weighted by molar-refractivity contribution is -0.185. The number of hydrogen-bond acceptors (Lipinski definition) is 8. The molecule has 9 aliphatic rings. The van der Waals surface area contributed by atoms with Gasteiger partial charge in [-0.1, -0.05) is 48.5 Å². The Morgan fingerprint density at radius 2 is 1.52 bits per heavy atom. The van der Waals surface area contributed by atoms with Crippen LogP contribution in [0.2, 0.25) is 0 Å². The molecule has 9 rings (SSSR count). The van der Waals surface area contributed by atoms with Crippen molar-refractivity contribution in [1.82, 2.24) is 14.7 Å². The van der Waals surface area contributed by atoms with Gasteiger partial charge < -0.3 is 33.9 Å². The highest BCUT2D eigenvalue weighted by molar-refractivity contribution is 5.69. The first-order valence-corrected chi connectivity index (χ1v) is 21.2. The molecular formula is C42H67N3O7. The maximum Gasteiger partial charge on any atom is 0.410 e. The highest BCUT2D eigenvalue weighted by atomic mass is 16.6. The van der Waals surface area contributed by atoms with Crippen molar-refractivity contribution in [2.75, 3.05) is 52.5 Å². The van der Waals surface area contributed by atoms with Gasteiger partial charge in [0.1, 0.15) is 12.2 Å². The summed E-state index contributed by atoms with van der Waals surface area (Å²) in [4.78, 5) is 32.7. The van der Waals surface area contributed by atoms with Crippen LogP contribution in [-0.2, 0) is 18.9 Å². The first kappa shape index (κ1) is 36.0. The van der Waals surface area contributed by atoms with Crippen LogP contribution >= 0.6 is 0 Å². The molecule has 5 aliphatic carbocycles. The third kappa shape index (κ3) is 4.80. The number of piperazine rings is 1. The second-order valence-corrected chi connectivity index (χ2v) is 20.6. The molecule has 0 unspecified atom stereocenters. The molecule has 0 radical (unpaired) electrons. The van der Waals surface area contributed by atoms with Crippen LogP contribution in [0.15, 0.2) is 0 Å². The number of fused-ring (bicyclic) bond motifs is 4. The molecule has 2 amide bonds. The monoisotopic (exact) mass is 725 g/mol. The predicted octanol–water partition coefficient (Wildman–Crippen LogP) is 6.19. The van der Waals surface area contributed by atoms with E-state index >= 15 is 0 Å². The fourth-order valence-corrected chi connectivity index (χ4v) is 15.0. The van der Waals surface area contributed by atoms with E-state index in [1.54, 1.807) is 4.90 Å². The van der Waals surface area contributed by atoms with Gasteiger partial charge in [0.25, 0.3) is 0 Å². The lowest BCUT2D eigenvalue weighted by Gasteiger charge is -2.63. The molecule has 5 saturated carbocycles. The van der Waals surface area contributed by atoms with Crippen LogP contribution < -0.4 is 0 Å². The minimum Gasteiger partial charge on any atom is -0.446 e. The van der Waals surface area contributed by atoms with Gasteiger partial charge in [0.15, 0.2) is 0 Å². The Morgan fingerprint density at radius 3 is 2.15 bits per heavy atom. The van der Waals surface area contributed by atoms with Gasteiger partial charge in [-0.25, -0.2) is 9.59 Å². The zero-order chi connectivity index (χ0) is 36.6. The molecule has 13 atom stereocenters. The van der Waals surface area contributed by atoms with E-state index in [4.69, 9.17) is 18.9 Å². The summed E-state index contributed by atoms with van der Waals surface area (Å²) in [5, 5.41) is 12.7. The Morgan fingerprint density at radius 1 is 0.846 bits per heavy atom. The second kappa shape index (κ2) is 12.2. The fourth-order valence-electron chi connectivity index (χ4n) is 15.0. The lowest BCUT2D eigenvalue weighted by Crippen LogP contribution is -2.60. The van der Waals surface area contributed by atoms with Crippen LogP contribution in [-0.4, -0.2) is 121 Å². The molecule has 10 nitrogen and oxygen atoms in total. The molecule has 10 heteroatoms.